The number of rotatable bonds is 9. The van der Waals surface area contributed by atoms with Crippen molar-refractivity contribution in [1.29, 1.82) is 0 Å². The number of aromatic nitrogens is 3. The summed E-state index contributed by atoms with van der Waals surface area (Å²) in [5.41, 5.74) is 5.63. The molecule has 2 aliphatic rings. The molecule has 0 spiro atoms. The average molecular weight is 593 g/mol. The standard InChI is InChI=1S/C39H36N4O2/c1-4-10-31(11-5-1)39(32-12-6-2-7-13-32,33-14-8-3-9-15-33)43-36-19-18-34(45-28-29-16-17-29)27-35(36)38(41-43)30-20-21-40-37(26-30)42-22-24-44-25-23-42/h1-15,18-21,26-27,29H,16-17,22-25,28H2. The van der Waals surface area contributed by atoms with Crippen LogP contribution in [0.3, 0.4) is 0 Å². The van der Waals surface area contributed by atoms with E-state index in [-0.39, 0.29) is 0 Å². The second-order valence-electron chi connectivity index (χ2n) is 12.0. The van der Waals surface area contributed by atoms with Crippen molar-refractivity contribution >= 4 is 16.7 Å². The van der Waals surface area contributed by atoms with Crippen molar-refractivity contribution in [2.75, 3.05) is 37.8 Å². The summed E-state index contributed by atoms with van der Waals surface area (Å²) in [5.74, 6) is 2.49. The molecule has 224 valence electrons. The van der Waals surface area contributed by atoms with Crippen LogP contribution in [-0.2, 0) is 10.3 Å². The Morgan fingerprint density at radius 3 is 1.96 bits per heavy atom. The minimum atomic E-state index is -0.739. The molecule has 2 aromatic heterocycles. The summed E-state index contributed by atoms with van der Waals surface area (Å²) in [5, 5.41) is 6.64. The first-order valence-electron chi connectivity index (χ1n) is 15.9. The maximum Gasteiger partial charge on any atom is 0.138 e. The van der Waals surface area contributed by atoms with E-state index in [4.69, 9.17) is 19.6 Å². The molecule has 1 aliphatic carbocycles. The van der Waals surface area contributed by atoms with Gasteiger partial charge in [0.25, 0.3) is 0 Å². The Morgan fingerprint density at radius 2 is 1.36 bits per heavy atom. The van der Waals surface area contributed by atoms with Crippen molar-refractivity contribution < 1.29 is 9.47 Å². The lowest BCUT2D eigenvalue weighted by molar-refractivity contribution is 0.122. The smallest absolute Gasteiger partial charge is 0.138 e. The van der Waals surface area contributed by atoms with Gasteiger partial charge in [0.2, 0.25) is 0 Å². The highest BCUT2D eigenvalue weighted by molar-refractivity contribution is 5.95. The van der Waals surface area contributed by atoms with Crippen LogP contribution in [0.25, 0.3) is 22.2 Å². The molecule has 6 nitrogen and oxygen atoms in total. The number of benzene rings is 4. The summed E-state index contributed by atoms with van der Waals surface area (Å²) in [4.78, 5) is 7.04. The number of morpholine rings is 1. The van der Waals surface area contributed by atoms with Gasteiger partial charge in [0.15, 0.2) is 0 Å². The molecule has 0 atom stereocenters. The van der Waals surface area contributed by atoms with Crippen molar-refractivity contribution in [3.63, 3.8) is 0 Å². The molecule has 0 N–H and O–H groups in total. The number of fused-ring (bicyclic) bond motifs is 1. The van der Waals surface area contributed by atoms with Gasteiger partial charge in [0.1, 0.15) is 22.8 Å². The highest BCUT2D eigenvalue weighted by atomic mass is 16.5. The molecule has 0 radical (unpaired) electrons. The molecular formula is C39H36N4O2. The fraction of sp³-hybridized carbons (Fsp3) is 0.231. The van der Waals surface area contributed by atoms with Crippen LogP contribution in [0.2, 0.25) is 0 Å². The van der Waals surface area contributed by atoms with Crippen molar-refractivity contribution in [2.45, 2.75) is 18.4 Å². The molecule has 8 rings (SSSR count). The summed E-state index contributed by atoms with van der Waals surface area (Å²) in [6, 6.07) is 42.9. The lowest BCUT2D eigenvalue weighted by atomic mass is 9.77. The van der Waals surface area contributed by atoms with Crippen LogP contribution < -0.4 is 9.64 Å². The van der Waals surface area contributed by atoms with Gasteiger partial charge in [-0.3, -0.25) is 0 Å². The van der Waals surface area contributed by atoms with Crippen LogP contribution in [0.4, 0.5) is 5.82 Å². The van der Waals surface area contributed by atoms with Gasteiger partial charge < -0.3 is 14.4 Å². The van der Waals surface area contributed by atoms with Crippen LogP contribution in [0.1, 0.15) is 29.5 Å². The zero-order valence-corrected chi connectivity index (χ0v) is 25.3. The van der Waals surface area contributed by atoms with Crippen molar-refractivity contribution in [3.8, 4) is 17.0 Å². The highest BCUT2D eigenvalue weighted by Gasteiger charge is 2.41. The van der Waals surface area contributed by atoms with E-state index in [2.05, 4.69) is 131 Å². The molecule has 0 unspecified atom stereocenters. The third-order valence-electron chi connectivity index (χ3n) is 9.08. The van der Waals surface area contributed by atoms with E-state index in [0.29, 0.717) is 19.1 Å². The zero-order chi connectivity index (χ0) is 30.1. The molecule has 1 aliphatic heterocycles. The molecule has 6 heteroatoms. The Labute approximate surface area is 263 Å². The lowest BCUT2D eigenvalue weighted by Gasteiger charge is -2.37. The minimum absolute atomic E-state index is 0.668. The topological polar surface area (TPSA) is 52.4 Å². The fourth-order valence-corrected chi connectivity index (χ4v) is 6.59. The zero-order valence-electron chi connectivity index (χ0n) is 25.3. The maximum absolute atomic E-state index is 6.33. The molecule has 0 bridgehead atoms. The SMILES string of the molecule is c1ccc(C(c2ccccc2)(c2ccccc2)n2nc(-c3ccnc(N4CCOCC4)c3)c3cc(OCC4CC4)ccc32)cc1. The normalized spacial score (nSPS) is 15.3. The number of pyridine rings is 1. The van der Waals surface area contributed by atoms with Crippen molar-refractivity contribution in [2.24, 2.45) is 5.92 Å². The molecule has 0 amide bonds. The number of hydrogen-bond donors (Lipinski definition) is 0. The van der Waals surface area contributed by atoms with Gasteiger partial charge in [-0.2, -0.15) is 5.10 Å². The molecule has 6 aromatic rings. The quantitative estimate of drug-likeness (QED) is 0.162. The van der Waals surface area contributed by atoms with E-state index >= 15 is 0 Å². The van der Waals surface area contributed by atoms with Crippen LogP contribution in [0.5, 0.6) is 5.75 Å². The molecule has 4 aromatic carbocycles. The Hall–Kier alpha value is -4.94. The lowest BCUT2D eigenvalue weighted by Crippen LogP contribution is -2.38. The van der Waals surface area contributed by atoms with Gasteiger partial charge in [0.05, 0.1) is 25.3 Å². The van der Waals surface area contributed by atoms with Crippen molar-refractivity contribution in [1.82, 2.24) is 14.8 Å². The van der Waals surface area contributed by atoms with Gasteiger partial charge in [0, 0.05) is 30.2 Å². The summed E-state index contributed by atoms with van der Waals surface area (Å²) in [6.45, 7) is 3.82. The summed E-state index contributed by atoms with van der Waals surface area (Å²) in [7, 11) is 0. The van der Waals surface area contributed by atoms with Gasteiger partial charge in [-0.05, 0) is 65.8 Å². The first kappa shape index (κ1) is 27.6. The van der Waals surface area contributed by atoms with E-state index in [1.54, 1.807) is 0 Å². The van der Waals surface area contributed by atoms with E-state index in [0.717, 1.165) is 70.1 Å². The molecule has 3 heterocycles. The minimum Gasteiger partial charge on any atom is -0.493 e. The molecule has 2 fully saturated rings. The predicted molar refractivity (Wildman–Crippen MR) is 179 cm³/mol. The Balaban J connectivity index is 1.40. The maximum atomic E-state index is 6.33. The van der Waals surface area contributed by atoms with E-state index in [9.17, 15) is 0 Å². The van der Waals surface area contributed by atoms with Crippen LogP contribution in [-0.4, -0.2) is 47.7 Å². The first-order valence-corrected chi connectivity index (χ1v) is 15.9. The molecular weight excluding hydrogens is 556 g/mol. The Morgan fingerprint density at radius 1 is 0.733 bits per heavy atom. The molecule has 1 saturated carbocycles. The number of nitrogens with zero attached hydrogens (tertiary/aromatic N) is 4. The monoisotopic (exact) mass is 592 g/mol. The summed E-state index contributed by atoms with van der Waals surface area (Å²) >= 11 is 0. The third-order valence-corrected chi connectivity index (χ3v) is 9.08. The van der Waals surface area contributed by atoms with E-state index in [1.165, 1.54) is 12.8 Å². The van der Waals surface area contributed by atoms with Gasteiger partial charge in [-0.25, -0.2) is 9.67 Å². The third kappa shape index (κ3) is 5.15. The van der Waals surface area contributed by atoms with E-state index < -0.39 is 5.54 Å². The number of hydrogen-bond acceptors (Lipinski definition) is 5. The molecule has 45 heavy (non-hydrogen) atoms. The fourth-order valence-electron chi connectivity index (χ4n) is 6.59. The van der Waals surface area contributed by atoms with Crippen LogP contribution >= 0.6 is 0 Å². The van der Waals surface area contributed by atoms with E-state index in [1.807, 2.05) is 6.20 Å². The van der Waals surface area contributed by atoms with Gasteiger partial charge in [-0.15, -0.1) is 0 Å². The second-order valence-corrected chi connectivity index (χ2v) is 12.0. The Bertz CT molecular complexity index is 1800. The summed E-state index contributed by atoms with van der Waals surface area (Å²) in [6.07, 6.45) is 4.40. The molecule has 1 saturated heterocycles. The van der Waals surface area contributed by atoms with Crippen molar-refractivity contribution in [3.05, 3.63) is 144 Å². The largest absolute Gasteiger partial charge is 0.493 e. The number of anilines is 1. The van der Waals surface area contributed by atoms with Crippen LogP contribution in [0, 0.1) is 5.92 Å². The van der Waals surface area contributed by atoms with Gasteiger partial charge in [-0.1, -0.05) is 91.0 Å². The average Bonchev–Trinajstić information content (AvgIpc) is 3.89. The second kappa shape index (κ2) is 11.9. The summed E-state index contributed by atoms with van der Waals surface area (Å²) < 4.78 is 14.2. The van der Waals surface area contributed by atoms with Gasteiger partial charge >= 0.3 is 0 Å². The first-order chi connectivity index (χ1) is 22.3. The number of ether oxygens (including phenoxy) is 2. The highest BCUT2D eigenvalue weighted by Crippen LogP contribution is 2.44. The van der Waals surface area contributed by atoms with Crippen LogP contribution in [0.15, 0.2) is 128 Å². The predicted octanol–water partition coefficient (Wildman–Crippen LogP) is 7.56. The Kier molecular flexibility index (Phi) is 7.28.